The van der Waals surface area contributed by atoms with E-state index in [0.29, 0.717) is 17.3 Å². The van der Waals surface area contributed by atoms with Crippen molar-refractivity contribution in [3.63, 3.8) is 0 Å². The Bertz CT molecular complexity index is 1150. The zero-order valence-corrected chi connectivity index (χ0v) is 18.5. The maximum atomic E-state index is 13.4. The topological polar surface area (TPSA) is 72.3 Å². The molecule has 1 amide bonds. The fourth-order valence-electron chi connectivity index (χ4n) is 4.14. The number of piperidine rings is 1. The molecule has 1 fully saturated rings. The third kappa shape index (κ3) is 5.73. The summed E-state index contributed by atoms with van der Waals surface area (Å²) in [7, 11) is 2.14. The summed E-state index contributed by atoms with van der Waals surface area (Å²) in [5.41, 5.74) is 2.78. The number of halogens is 1. The molecule has 1 aliphatic heterocycles. The molecular weight excluding hydrogens is 417 g/mol. The molecule has 0 saturated carbocycles. The Labute approximate surface area is 193 Å². The third-order valence-electron chi connectivity index (χ3n) is 6.02. The Morgan fingerprint density at radius 1 is 1.18 bits per heavy atom. The first-order valence-electron chi connectivity index (χ1n) is 11.0. The van der Waals surface area contributed by atoms with Crippen molar-refractivity contribution in [1.29, 1.82) is 5.26 Å². The van der Waals surface area contributed by atoms with Crippen LogP contribution >= 0.6 is 0 Å². The number of anilines is 2. The summed E-state index contributed by atoms with van der Waals surface area (Å²) in [6.45, 7) is 2.59. The van der Waals surface area contributed by atoms with Crippen LogP contribution in [0.1, 0.15) is 34.3 Å². The molecule has 0 radical (unpaired) electrons. The van der Waals surface area contributed by atoms with E-state index in [0.717, 1.165) is 38.3 Å². The van der Waals surface area contributed by atoms with Gasteiger partial charge in [0.1, 0.15) is 11.6 Å². The monoisotopic (exact) mass is 443 g/mol. The first kappa shape index (κ1) is 22.4. The van der Waals surface area contributed by atoms with E-state index in [1.54, 1.807) is 18.3 Å². The van der Waals surface area contributed by atoms with E-state index in [2.05, 4.69) is 33.2 Å². The van der Waals surface area contributed by atoms with Crippen LogP contribution in [0, 0.1) is 17.1 Å². The van der Waals surface area contributed by atoms with Gasteiger partial charge in [0.05, 0.1) is 11.6 Å². The van der Waals surface area contributed by atoms with E-state index in [9.17, 15) is 9.18 Å². The molecule has 2 aromatic carbocycles. The van der Waals surface area contributed by atoms with Gasteiger partial charge >= 0.3 is 0 Å². The van der Waals surface area contributed by atoms with Crippen molar-refractivity contribution >= 4 is 17.4 Å². The minimum atomic E-state index is -0.440. The van der Waals surface area contributed by atoms with E-state index >= 15 is 0 Å². The molecule has 1 aromatic heterocycles. The number of carbonyl (C=O) groups excluding carboxylic acids is 1. The lowest BCUT2D eigenvalue weighted by Crippen LogP contribution is -2.43. The van der Waals surface area contributed by atoms with Crippen LogP contribution < -0.4 is 10.2 Å². The first-order chi connectivity index (χ1) is 16.0. The standard InChI is InChI=1S/C26H26FN5O/c1-31(18-20-7-5-19(17-28)6-8-20)24-10-13-32(14-11-24)25-16-23(9-12-29-25)30-26(33)21-3-2-4-22(27)15-21/h2-9,12,15-16,24H,10-11,13-14,18H2,1H3,(H,29,30,33). The molecule has 0 atom stereocenters. The summed E-state index contributed by atoms with van der Waals surface area (Å²) in [5.74, 6) is 0.0279. The molecule has 3 aromatic rings. The highest BCUT2D eigenvalue weighted by Gasteiger charge is 2.23. The molecule has 0 bridgehead atoms. The fourth-order valence-corrected chi connectivity index (χ4v) is 4.14. The highest BCUT2D eigenvalue weighted by Crippen LogP contribution is 2.24. The third-order valence-corrected chi connectivity index (χ3v) is 6.02. The second-order valence-corrected chi connectivity index (χ2v) is 8.31. The van der Waals surface area contributed by atoms with Gasteiger partial charge in [0, 0.05) is 49.2 Å². The molecule has 1 N–H and O–H groups in total. The van der Waals surface area contributed by atoms with E-state index in [4.69, 9.17) is 5.26 Å². The molecule has 6 nitrogen and oxygen atoms in total. The Kier molecular flexibility index (Phi) is 6.96. The van der Waals surface area contributed by atoms with Gasteiger partial charge in [-0.25, -0.2) is 9.37 Å². The zero-order valence-electron chi connectivity index (χ0n) is 18.5. The van der Waals surface area contributed by atoms with Crippen LogP contribution in [0.2, 0.25) is 0 Å². The molecular formula is C26H26FN5O. The van der Waals surface area contributed by atoms with E-state index in [1.807, 2.05) is 30.3 Å². The highest BCUT2D eigenvalue weighted by atomic mass is 19.1. The van der Waals surface area contributed by atoms with Crippen molar-refractivity contribution in [3.05, 3.63) is 89.4 Å². The first-order valence-corrected chi connectivity index (χ1v) is 11.0. The molecule has 168 valence electrons. The Morgan fingerprint density at radius 3 is 2.64 bits per heavy atom. The number of aromatic nitrogens is 1. The van der Waals surface area contributed by atoms with Gasteiger partial charge in [0.2, 0.25) is 0 Å². The van der Waals surface area contributed by atoms with Crippen molar-refractivity contribution in [2.24, 2.45) is 0 Å². The summed E-state index contributed by atoms with van der Waals surface area (Å²) < 4.78 is 13.4. The van der Waals surface area contributed by atoms with Crippen molar-refractivity contribution in [2.75, 3.05) is 30.4 Å². The summed E-state index contributed by atoms with van der Waals surface area (Å²) in [6.07, 6.45) is 3.70. The number of amides is 1. The van der Waals surface area contributed by atoms with Crippen LogP contribution in [-0.4, -0.2) is 42.0 Å². The van der Waals surface area contributed by atoms with Gasteiger partial charge in [-0.3, -0.25) is 9.69 Å². The summed E-state index contributed by atoms with van der Waals surface area (Å²) in [6, 6.07) is 19.6. The normalized spacial score (nSPS) is 14.2. The number of pyridine rings is 1. The van der Waals surface area contributed by atoms with Gasteiger partial charge in [-0.05, 0) is 61.9 Å². The highest BCUT2D eigenvalue weighted by molar-refractivity contribution is 6.04. The number of nitrogens with zero attached hydrogens (tertiary/aromatic N) is 4. The van der Waals surface area contributed by atoms with Gasteiger partial charge in [-0.15, -0.1) is 0 Å². The summed E-state index contributed by atoms with van der Waals surface area (Å²) in [4.78, 5) is 21.5. The maximum absolute atomic E-state index is 13.4. The lowest BCUT2D eigenvalue weighted by atomic mass is 10.0. The number of hydrogen-bond acceptors (Lipinski definition) is 5. The van der Waals surface area contributed by atoms with Crippen LogP contribution in [-0.2, 0) is 6.54 Å². The molecule has 2 heterocycles. The van der Waals surface area contributed by atoms with Gasteiger partial charge in [-0.2, -0.15) is 5.26 Å². The predicted octanol–water partition coefficient (Wildman–Crippen LogP) is 4.45. The summed E-state index contributed by atoms with van der Waals surface area (Å²) >= 11 is 0. The number of hydrogen-bond donors (Lipinski definition) is 1. The molecule has 33 heavy (non-hydrogen) atoms. The van der Waals surface area contributed by atoms with Gasteiger partial charge in [-0.1, -0.05) is 18.2 Å². The summed E-state index contributed by atoms with van der Waals surface area (Å²) in [5, 5.41) is 11.8. The molecule has 0 unspecified atom stereocenters. The lowest BCUT2D eigenvalue weighted by Gasteiger charge is -2.37. The Morgan fingerprint density at radius 2 is 1.94 bits per heavy atom. The van der Waals surface area contributed by atoms with Crippen LogP contribution in [0.3, 0.4) is 0 Å². The molecule has 1 aliphatic rings. The minimum Gasteiger partial charge on any atom is -0.356 e. The van der Waals surface area contributed by atoms with E-state index in [1.165, 1.54) is 23.8 Å². The van der Waals surface area contributed by atoms with E-state index < -0.39 is 5.82 Å². The van der Waals surface area contributed by atoms with Crippen molar-refractivity contribution < 1.29 is 9.18 Å². The van der Waals surface area contributed by atoms with Crippen molar-refractivity contribution in [1.82, 2.24) is 9.88 Å². The average Bonchev–Trinajstić information content (AvgIpc) is 2.85. The molecule has 0 spiro atoms. The smallest absolute Gasteiger partial charge is 0.255 e. The molecule has 1 saturated heterocycles. The maximum Gasteiger partial charge on any atom is 0.255 e. The SMILES string of the molecule is CN(Cc1ccc(C#N)cc1)C1CCN(c2cc(NC(=O)c3cccc(F)c3)ccn2)CC1. The van der Waals surface area contributed by atoms with Gasteiger partial charge in [0.25, 0.3) is 5.91 Å². The molecule has 0 aliphatic carbocycles. The largest absolute Gasteiger partial charge is 0.356 e. The second kappa shape index (κ2) is 10.2. The fraction of sp³-hybridized carbons (Fsp3) is 0.269. The van der Waals surface area contributed by atoms with Gasteiger partial charge in [0.15, 0.2) is 0 Å². The molecule has 4 rings (SSSR count). The number of benzene rings is 2. The Hall–Kier alpha value is -3.76. The average molecular weight is 444 g/mol. The van der Waals surface area contributed by atoms with Crippen molar-refractivity contribution in [3.8, 4) is 6.07 Å². The van der Waals surface area contributed by atoms with Crippen LogP contribution in [0.5, 0.6) is 0 Å². The van der Waals surface area contributed by atoms with Crippen molar-refractivity contribution in [2.45, 2.75) is 25.4 Å². The number of rotatable bonds is 6. The van der Waals surface area contributed by atoms with Crippen LogP contribution in [0.25, 0.3) is 0 Å². The number of carbonyl (C=O) groups is 1. The predicted molar refractivity (Wildman–Crippen MR) is 126 cm³/mol. The van der Waals surface area contributed by atoms with E-state index in [-0.39, 0.29) is 11.5 Å². The van der Waals surface area contributed by atoms with Crippen LogP contribution in [0.4, 0.5) is 15.9 Å². The minimum absolute atomic E-state index is 0.277. The van der Waals surface area contributed by atoms with Crippen LogP contribution in [0.15, 0.2) is 66.9 Å². The lowest BCUT2D eigenvalue weighted by molar-refractivity contribution is 0.102. The zero-order chi connectivity index (χ0) is 23.2. The number of nitrogens with one attached hydrogen (secondary N) is 1. The second-order valence-electron chi connectivity index (χ2n) is 8.31. The quantitative estimate of drug-likeness (QED) is 0.610. The Balaban J connectivity index is 1.33. The number of nitriles is 1. The molecule has 7 heteroatoms. The van der Waals surface area contributed by atoms with Gasteiger partial charge < -0.3 is 10.2 Å².